The van der Waals surface area contributed by atoms with Crippen molar-refractivity contribution in [3.63, 3.8) is 0 Å². The molecular weight excluding hydrogens is 375 g/mol. The minimum absolute atomic E-state index is 0.0642. The summed E-state index contributed by atoms with van der Waals surface area (Å²) in [5.74, 6) is -2.17. The molecule has 0 bridgehead atoms. The summed E-state index contributed by atoms with van der Waals surface area (Å²) in [5.41, 5.74) is 0. The molecule has 1 amide bonds. The van der Waals surface area contributed by atoms with Crippen molar-refractivity contribution in [1.29, 1.82) is 0 Å². The van der Waals surface area contributed by atoms with Gasteiger partial charge in [0.05, 0.1) is 11.4 Å². The molecule has 1 fully saturated rings. The zero-order valence-corrected chi connectivity index (χ0v) is 14.2. The summed E-state index contributed by atoms with van der Waals surface area (Å²) in [6.07, 6.45) is -1.30. The second-order valence-corrected chi connectivity index (χ2v) is 6.38. The Bertz CT molecular complexity index is 727. The number of halogens is 3. The van der Waals surface area contributed by atoms with Crippen LogP contribution in [0.3, 0.4) is 0 Å². The van der Waals surface area contributed by atoms with Gasteiger partial charge in [-0.2, -0.15) is 18.3 Å². The Morgan fingerprint density at radius 3 is 2.65 bits per heavy atom. The number of carboxylic acid groups (broad SMARTS) is 1. The van der Waals surface area contributed by atoms with Gasteiger partial charge in [-0.3, -0.25) is 9.89 Å². The summed E-state index contributed by atoms with van der Waals surface area (Å²) in [7, 11) is 0. The number of nitrogens with one attached hydrogen (secondary N) is 3. The number of carbonyl (C=O) groups excluding carboxylic acids is 1. The second kappa shape index (κ2) is 8.76. The molecule has 8 nitrogen and oxygen atoms in total. The van der Waals surface area contributed by atoms with E-state index in [0.717, 1.165) is 17.8 Å². The normalized spacial score (nSPS) is 16.7. The average Bonchev–Trinajstić information content (AvgIpc) is 3.33. The lowest BCUT2D eigenvalue weighted by Crippen LogP contribution is -2.22. The van der Waals surface area contributed by atoms with E-state index in [4.69, 9.17) is 9.90 Å². The molecule has 0 spiro atoms. The number of carbonyl (C=O) groups is 2. The van der Waals surface area contributed by atoms with Crippen LogP contribution in [-0.4, -0.2) is 44.9 Å². The molecule has 3 rings (SSSR count). The predicted molar refractivity (Wildman–Crippen MR) is 85.5 cm³/mol. The zero-order valence-electron chi connectivity index (χ0n) is 13.3. The van der Waals surface area contributed by atoms with Gasteiger partial charge in [-0.05, 0) is 31.5 Å². The number of amides is 1. The van der Waals surface area contributed by atoms with Gasteiger partial charge in [0.2, 0.25) is 0 Å². The molecule has 12 heteroatoms. The standard InChI is InChI=1S/C12H15N5OS.C2HF3O2/c18-12(14-6-11-15-7-16-17-11)10-4-3-9(19-10)8-2-1-5-13-8;3-2(4,5)1(6)7/h3-4,7-8,13H,1-2,5-6H2,(H,14,18)(H,15,16,17);(H,6,7). The molecule has 0 aromatic carbocycles. The summed E-state index contributed by atoms with van der Waals surface area (Å²) in [6, 6.07) is 4.34. The van der Waals surface area contributed by atoms with Crippen LogP contribution < -0.4 is 10.6 Å². The summed E-state index contributed by atoms with van der Waals surface area (Å²) in [5, 5.41) is 19.8. The minimum atomic E-state index is -5.08. The predicted octanol–water partition coefficient (Wildman–Crippen LogP) is 1.85. The Morgan fingerprint density at radius 1 is 1.38 bits per heavy atom. The molecule has 1 atom stereocenters. The van der Waals surface area contributed by atoms with E-state index >= 15 is 0 Å². The Labute approximate surface area is 149 Å². The number of aromatic amines is 1. The maximum atomic E-state index is 12.0. The quantitative estimate of drug-likeness (QED) is 0.631. The highest BCUT2D eigenvalue weighted by Crippen LogP contribution is 2.29. The Hall–Kier alpha value is -2.47. The molecule has 142 valence electrons. The Kier molecular flexibility index (Phi) is 6.69. The lowest BCUT2D eigenvalue weighted by Gasteiger charge is -2.06. The average molecular weight is 391 g/mol. The highest BCUT2D eigenvalue weighted by atomic mass is 32.1. The van der Waals surface area contributed by atoms with Gasteiger partial charge in [-0.25, -0.2) is 9.78 Å². The Balaban J connectivity index is 0.000000298. The van der Waals surface area contributed by atoms with Crippen LogP contribution in [0.5, 0.6) is 0 Å². The van der Waals surface area contributed by atoms with E-state index in [1.54, 1.807) is 11.3 Å². The maximum Gasteiger partial charge on any atom is 0.490 e. The number of nitrogens with zero attached hydrogens (tertiary/aromatic N) is 2. The summed E-state index contributed by atoms with van der Waals surface area (Å²) in [6.45, 7) is 1.43. The van der Waals surface area contributed by atoms with Crippen LogP contribution in [0.2, 0.25) is 0 Å². The number of hydrogen-bond donors (Lipinski definition) is 4. The molecule has 1 aliphatic heterocycles. The number of thiophene rings is 1. The number of H-pyrrole nitrogens is 1. The van der Waals surface area contributed by atoms with Crippen LogP contribution >= 0.6 is 11.3 Å². The van der Waals surface area contributed by atoms with Crippen molar-refractivity contribution in [2.45, 2.75) is 31.6 Å². The molecule has 0 aliphatic carbocycles. The fraction of sp³-hybridized carbons (Fsp3) is 0.429. The van der Waals surface area contributed by atoms with Crippen molar-refractivity contribution in [2.24, 2.45) is 0 Å². The second-order valence-electron chi connectivity index (χ2n) is 5.27. The fourth-order valence-corrected chi connectivity index (χ4v) is 3.19. The first-order valence-corrected chi connectivity index (χ1v) is 8.34. The number of aliphatic carboxylic acids is 1. The molecular formula is C14H16F3N5O3S. The molecule has 1 saturated heterocycles. The van der Waals surface area contributed by atoms with Gasteiger partial charge in [0.15, 0.2) is 0 Å². The van der Waals surface area contributed by atoms with Crippen molar-refractivity contribution < 1.29 is 27.9 Å². The first-order chi connectivity index (χ1) is 12.3. The van der Waals surface area contributed by atoms with Crippen molar-refractivity contribution in [3.8, 4) is 0 Å². The largest absolute Gasteiger partial charge is 0.490 e. The van der Waals surface area contributed by atoms with Crippen molar-refractivity contribution in [2.75, 3.05) is 6.54 Å². The van der Waals surface area contributed by atoms with Crippen molar-refractivity contribution in [1.82, 2.24) is 25.8 Å². The highest BCUT2D eigenvalue weighted by molar-refractivity contribution is 7.14. The number of hydrogen-bond acceptors (Lipinski definition) is 6. The van der Waals surface area contributed by atoms with E-state index in [1.165, 1.54) is 17.6 Å². The number of aromatic nitrogens is 3. The van der Waals surface area contributed by atoms with Gasteiger partial charge in [0.25, 0.3) is 5.91 Å². The first-order valence-electron chi connectivity index (χ1n) is 7.53. The third-order valence-electron chi connectivity index (χ3n) is 3.38. The van der Waals surface area contributed by atoms with Gasteiger partial charge < -0.3 is 15.7 Å². The SMILES string of the molecule is O=C(NCc1ncn[nH]1)c1ccc(C2CCCN2)s1.O=C(O)C(F)(F)F. The third-order valence-corrected chi connectivity index (χ3v) is 4.58. The number of rotatable bonds is 4. The molecule has 3 heterocycles. The van der Waals surface area contributed by atoms with Crippen LogP contribution in [0.15, 0.2) is 18.5 Å². The van der Waals surface area contributed by atoms with Crippen molar-refractivity contribution >= 4 is 23.2 Å². The van der Waals surface area contributed by atoms with Gasteiger partial charge in [0.1, 0.15) is 12.2 Å². The van der Waals surface area contributed by atoms with Gasteiger partial charge in [0, 0.05) is 10.9 Å². The summed E-state index contributed by atoms with van der Waals surface area (Å²) >= 11 is 1.55. The first kappa shape index (κ1) is 19.8. The van der Waals surface area contributed by atoms with E-state index in [0.29, 0.717) is 18.4 Å². The minimum Gasteiger partial charge on any atom is -0.475 e. The van der Waals surface area contributed by atoms with E-state index in [-0.39, 0.29) is 5.91 Å². The molecule has 2 aromatic heterocycles. The number of alkyl halides is 3. The smallest absolute Gasteiger partial charge is 0.475 e. The maximum absolute atomic E-state index is 12.0. The van der Waals surface area contributed by atoms with E-state index in [2.05, 4.69) is 25.8 Å². The zero-order chi connectivity index (χ0) is 19.2. The molecule has 0 saturated carbocycles. The highest BCUT2D eigenvalue weighted by Gasteiger charge is 2.38. The van der Waals surface area contributed by atoms with Crippen LogP contribution in [0.4, 0.5) is 13.2 Å². The topological polar surface area (TPSA) is 120 Å². The number of carboxylic acids is 1. The van der Waals surface area contributed by atoms with E-state index in [9.17, 15) is 18.0 Å². The lowest BCUT2D eigenvalue weighted by molar-refractivity contribution is -0.192. The Morgan fingerprint density at radius 2 is 2.12 bits per heavy atom. The molecule has 1 aliphatic rings. The lowest BCUT2D eigenvalue weighted by atomic mass is 10.2. The third kappa shape index (κ3) is 5.81. The monoisotopic (exact) mass is 391 g/mol. The van der Waals surface area contributed by atoms with Gasteiger partial charge in [-0.15, -0.1) is 11.3 Å². The van der Waals surface area contributed by atoms with Crippen LogP contribution in [0.1, 0.15) is 39.3 Å². The van der Waals surface area contributed by atoms with Gasteiger partial charge in [-0.1, -0.05) is 0 Å². The van der Waals surface area contributed by atoms with Crippen molar-refractivity contribution in [3.05, 3.63) is 34.0 Å². The fourth-order valence-electron chi connectivity index (χ4n) is 2.16. The molecule has 4 N–H and O–H groups in total. The summed E-state index contributed by atoms with van der Waals surface area (Å²) in [4.78, 5) is 26.8. The van der Waals surface area contributed by atoms with E-state index in [1.807, 2.05) is 12.1 Å². The molecule has 2 aromatic rings. The molecule has 26 heavy (non-hydrogen) atoms. The van der Waals surface area contributed by atoms with Crippen LogP contribution in [-0.2, 0) is 11.3 Å². The molecule has 0 radical (unpaired) electrons. The van der Waals surface area contributed by atoms with Gasteiger partial charge >= 0.3 is 12.1 Å². The molecule has 1 unspecified atom stereocenters. The van der Waals surface area contributed by atoms with Crippen LogP contribution in [0.25, 0.3) is 0 Å². The van der Waals surface area contributed by atoms with Crippen LogP contribution in [0, 0.1) is 0 Å². The van der Waals surface area contributed by atoms with E-state index < -0.39 is 12.1 Å². The summed E-state index contributed by atoms with van der Waals surface area (Å²) < 4.78 is 31.7.